The molecule has 0 aromatic carbocycles. The van der Waals surface area contributed by atoms with Crippen molar-refractivity contribution in [1.29, 1.82) is 0 Å². The first-order valence-corrected chi connectivity index (χ1v) is 4.63. The number of hydrogen-bond donors (Lipinski definition) is 0. The Hall–Kier alpha value is -0.260. The predicted molar refractivity (Wildman–Crippen MR) is 41.6 cm³/mol. The van der Waals surface area contributed by atoms with Crippen LogP contribution in [-0.4, -0.2) is 0 Å². The van der Waals surface area contributed by atoms with Gasteiger partial charge >= 0.3 is 0 Å². The molecule has 4 atom stereocenters. The van der Waals surface area contributed by atoms with Crippen LogP contribution in [0.15, 0.2) is 12.2 Å². The molecule has 0 aliphatic heterocycles. The fourth-order valence-electron chi connectivity index (χ4n) is 3.45. The lowest BCUT2D eigenvalue weighted by Crippen LogP contribution is -2.14. The van der Waals surface area contributed by atoms with Gasteiger partial charge in [0, 0.05) is 0 Å². The third kappa shape index (κ3) is 0.492. The van der Waals surface area contributed by atoms with E-state index in [1.165, 1.54) is 25.7 Å². The van der Waals surface area contributed by atoms with E-state index in [1.54, 1.807) is 0 Å². The lowest BCUT2D eigenvalue weighted by molar-refractivity contribution is 0.355. The molecule has 3 aliphatic carbocycles. The first-order chi connectivity index (χ1) is 4.95. The zero-order valence-electron chi connectivity index (χ0n) is 6.29. The monoisotopic (exact) mass is 134 g/mol. The van der Waals surface area contributed by atoms with Crippen LogP contribution < -0.4 is 0 Å². The van der Waals surface area contributed by atoms with E-state index in [9.17, 15) is 0 Å². The van der Waals surface area contributed by atoms with E-state index in [0.717, 1.165) is 23.7 Å². The van der Waals surface area contributed by atoms with Crippen molar-refractivity contribution >= 4 is 0 Å². The summed E-state index contributed by atoms with van der Waals surface area (Å²) >= 11 is 0. The Morgan fingerprint density at radius 3 is 1.70 bits per heavy atom. The molecule has 0 amide bonds. The largest absolute Gasteiger partial charge is 0.0848 e. The van der Waals surface area contributed by atoms with Gasteiger partial charge in [0.2, 0.25) is 0 Å². The van der Waals surface area contributed by atoms with Gasteiger partial charge in [-0.05, 0) is 49.4 Å². The average Bonchev–Trinajstić information content (AvgIpc) is 2.36. The summed E-state index contributed by atoms with van der Waals surface area (Å²) in [6, 6.07) is 0. The van der Waals surface area contributed by atoms with Gasteiger partial charge in [-0.1, -0.05) is 12.2 Å². The zero-order chi connectivity index (χ0) is 6.55. The lowest BCUT2D eigenvalue weighted by atomic mass is 9.84. The Morgan fingerprint density at radius 1 is 0.700 bits per heavy atom. The van der Waals surface area contributed by atoms with Crippen molar-refractivity contribution < 1.29 is 0 Å². The third-order valence-electron chi connectivity index (χ3n) is 3.92. The van der Waals surface area contributed by atoms with Crippen LogP contribution in [0.25, 0.3) is 0 Å². The van der Waals surface area contributed by atoms with Crippen molar-refractivity contribution in [3.8, 4) is 0 Å². The Kier molecular flexibility index (Phi) is 0.898. The summed E-state index contributed by atoms with van der Waals surface area (Å²) in [5.41, 5.74) is 0. The lowest BCUT2D eigenvalue weighted by Gasteiger charge is -2.21. The van der Waals surface area contributed by atoms with E-state index in [-0.39, 0.29) is 0 Å². The number of hydrogen-bond acceptors (Lipinski definition) is 0. The van der Waals surface area contributed by atoms with Crippen LogP contribution in [-0.2, 0) is 0 Å². The van der Waals surface area contributed by atoms with Crippen molar-refractivity contribution in [3.63, 3.8) is 0 Å². The highest BCUT2D eigenvalue weighted by Gasteiger charge is 2.45. The van der Waals surface area contributed by atoms with E-state index in [1.807, 2.05) is 0 Å². The summed E-state index contributed by atoms with van der Waals surface area (Å²) in [6.07, 6.45) is 11.1. The third-order valence-corrected chi connectivity index (χ3v) is 3.92. The van der Waals surface area contributed by atoms with E-state index in [0.29, 0.717) is 0 Å². The second kappa shape index (κ2) is 1.66. The van der Waals surface area contributed by atoms with Gasteiger partial charge in [0.1, 0.15) is 0 Å². The zero-order valence-corrected chi connectivity index (χ0v) is 6.29. The Labute approximate surface area is 62.3 Å². The fraction of sp³-hybridized carbons (Fsp3) is 0.800. The highest BCUT2D eigenvalue weighted by atomic mass is 14.5. The average molecular weight is 134 g/mol. The van der Waals surface area contributed by atoms with E-state index in [4.69, 9.17) is 0 Å². The predicted octanol–water partition coefficient (Wildman–Crippen LogP) is 2.61. The molecule has 2 saturated carbocycles. The van der Waals surface area contributed by atoms with Crippen LogP contribution >= 0.6 is 0 Å². The van der Waals surface area contributed by atoms with Crippen molar-refractivity contribution in [2.24, 2.45) is 23.7 Å². The molecule has 3 aliphatic rings. The molecule has 0 nitrogen and oxygen atoms in total. The Morgan fingerprint density at radius 2 is 1.20 bits per heavy atom. The van der Waals surface area contributed by atoms with Gasteiger partial charge < -0.3 is 0 Å². The maximum Gasteiger partial charge on any atom is -0.0202 e. The minimum Gasteiger partial charge on any atom is -0.0848 e. The minimum absolute atomic E-state index is 1.00. The molecule has 54 valence electrons. The van der Waals surface area contributed by atoms with Gasteiger partial charge in [-0.25, -0.2) is 0 Å². The molecular formula is C10H14. The van der Waals surface area contributed by atoms with Crippen LogP contribution in [0.5, 0.6) is 0 Å². The molecule has 3 rings (SSSR count). The molecule has 0 heteroatoms. The van der Waals surface area contributed by atoms with Crippen molar-refractivity contribution in [2.75, 3.05) is 0 Å². The smallest absolute Gasteiger partial charge is 0.0202 e. The van der Waals surface area contributed by atoms with Crippen LogP contribution in [0.2, 0.25) is 0 Å². The summed E-state index contributed by atoms with van der Waals surface area (Å²) in [4.78, 5) is 0. The summed E-state index contributed by atoms with van der Waals surface area (Å²) in [5.74, 6) is 4.25. The molecule has 0 spiro atoms. The maximum absolute atomic E-state index is 2.51. The molecule has 0 unspecified atom stereocenters. The molecule has 0 aromatic heterocycles. The molecule has 2 fully saturated rings. The van der Waals surface area contributed by atoms with Crippen LogP contribution in [0, 0.1) is 23.7 Å². The van der Waals surface area contributed by atoms with Gasteiger partial charge in [-0.2, -0.15) is 0 Å². The topological polar surface area (TPSA) is 0 Å². The highest BCUT2D eigenvalue weighted by molar-refractivity contribution is 5.12. The van der Waals surface area contributed by atoms with Crippen LogP contribution in [0.3, 0.4) is 0 Å². The van der Waals surface area contributed by atoms with Gasteiger partial charge in [-0.3, -0.25) is 0 Å². The molecule has 0 saturated heterocycles. The molecule has 0 aromatic rings. The van der Waals surface area contributed by atoms with E-state index in [2.05, 4.69) is 12.2 Å². The van der Waals surface area contributed by atoms with Gasteiger partial charge in [0.05, 0.1) is 0 Å². The molecule has 0 radical (unpaired) electrons. The summed E-state index contributed by atoms with van der Waals surface area (Å²) in [7, 11) is 0. The standard InChI is InChI=1S/C10H14/c1-2-8-4-6-9-7(1)3-5-10(8)9/h1-2,7-10H,3-6H2/t7-,8-,9-,10+/m1/s1. The second-order valence-corrected chi connectivity index (χ2v) is 4.20. The normalized spacial score (nSPS) is 56.0. The molecule has 10 heavy (non-hydrogen) atoms. The van der Waals surface area contributed by atoms with E-state index < -0.39 is 0 Å². The number of allylic oxidation sites excluding steroid dienone is 2. The van der Waals surface area contributed by atoms with Gasteiger partial charge in [-0.15, -0.1) is 0 Å². The molecule has 4 bridgehead atoms. The molecule has 0 N–H and O–H groups in total. The Balaban J connectivity index is 2.06. The van der Waals surface area contributed by atoms with Gasteiger partial charge in [0.15, 0.2) is 0 Å². The molecular weight excluding hydrogens is 120 g/mol. The number of rotatable bonds is 0. The second-order valence-electron chi connectivity index (χ2n) is 4.20. The first-order valence-electron chi connectivity index (χ1n) is 4.63. The minimum atomic E-state index is 1.00. The highest BCUT2D eigenvalue weighted by Crippen LogP contribution is 2.54. The van der Waals surface area contributed by atoms with Gasteiger partial charge in [0.25, 0.3) is 0 Å². The Bertz CT molecular complexity index is 160. The first kappa shape index (κ1) is 5.40. The van der Waals surface area contributed by atoms with E-state index >= 15 is 0 Å². The summed E-state index contributed by atoms with van der Waals surface area (Å²) in [5, 5.41) is 0. The van der Waals surface area contributed by atoms with Crippen molar-refractivity contribution in [3.05, 3.63) is 12.2 Å². The summed E-state index contributed by atoms with van der Waals surface area (Å²) in [6.45, 7) is 0. The van der Waals surface area contributed by atoms with Crippen LogP contribution in [0.4, 0.5) is 0 Å². The van der Waals surface area contributed by atoms with Crippen LogP contribution in [0.1, 0.15) is 25.7 Å². The summed E-state index contributed by atoms with van der Waals surface area (Å²) < 4.78 is 0. The maximum atomic E-state index is 2.51. The SMILES string of the molecule is C1=C[C@@H]2CC[C@@H]3[C@@H]2CC[C@@H]13. The quantitative estimate of drug-likeness (QED) is 0.447. The fourth-order valence-corrected chi connectivity index (χ4v) is 3.45. The molecule has 0 heterocycles. The van der Waals surface area contributed by atoms with Crippen molar-refractivity contribution in [1.82, 2.24) is 0 Å². The van der Waals surface area contributed by atoms with Crippen molar-refractivity contribution in [2.45, 2.75) is 25.7 Å².